The van der Waals surface area contributed by atoms with Gasteiger partial charge in [0.2, 0.25) is 10.0 Å². The third-order valence-corrected chi connectivity index (χ3v) is 6.21. The molecule has 0 spiro atoms. The first-order chi connectivity index (χ1) is 12.4. The first-order valence-corrected chi connectivity index (χ1v) is 10.00. The molecule has 26 heavy (non-hydrogen) atoms. The quantitative estimate of drug-likeness (QED) is 0.835. The Hall–Kier alpha value is -2.32. The smallest absolute Gasteiger partial charge is 0.259 e. The van der Waals surface area contributed by atoms with Gasteiger partial charge in [0.05, 0.1) is 18.4 Å². The molecule has 2 aromatic rings. The molecule has 1 amide bonds. The Labute approximate surface area is 153 Å². The van der Waals surface area contributed by atoms with Crippen LogP contribution in [-0.4, -0.2) is 38.3 Å². The van der Waals surface area contributed by atoms with E-state index in [2.05, 4.69) is 5.32 Å². The third-order valence-electron chi connectivity index (χ3n) is 4.29. The number of amides is 1. The van der Waals surface area contributed by atoms with Crippen molar-refractivity contribution < 1.29 is 22.4 Å². The third kappa shape index (κ3) is 3.61. The number of benzene rings is 1. The van der Waals surface area contributed by atoms with Gasteiger partial charge in [-0.05, 0) is 51.0 Å². The summed E-state index contributed by atoms with van der Waals surface area (Å²) in [5.41, 5.74) is 0.791. The molecule has 0 unspecified atom stereocenters. The van der Waals surface area contributed by atoms with Gasteiger partial charge in [0.1, 0.15) is 16.4 Å². The zero-order chi connectivity index (χ0) is 18.7. The second-order valence-electron chi connectivity index (χ2n) is 6.05. The number of sulfonamides is 1. The molecule has 1 fully saturated rings. The van der Waals surface area contributed by atoms with Crippen LogP contribution < -0.4 is 10.1 Å². The van der Waals surface area contributed by atoms with Gasteiger partial charge < -0.3 is 14.5 Å². The van der Waals surface area contributed by atoms with Crippen molar-refractivity contribution in [3.63, 3.8) is 0 Å². The van der Waals surface area contributed by atoms with Gasteiger partial charge in [-0.25, -0.2) is 8.42 Å². The summed E-state index contributed by atoms with van der Waals surface area (Å²) in [5, 5.41) is 2.72. The minimum atomic E-state index is -3.67. The molecule has 0 aliphatic carbocycles. The average Bonchev–Trinajstić information content (AvgIpc) is 3.28. The standard InChI is InChI=1S/C18H22N2O5S/c1-3-24-16-7-6-14(19-18(21)15-8-11-25-13(15)2)12-17(16)26(22,23)20-9-4-5-10-20/h6-8,11-12H,3-5,9-10H2,1-2H3,(H,19,21). The van der Waals surface area contributed by atoms with Crippen LogP contribution in [0.4, 0.5) is 5.69 Å². The van der Waals surface area contributed by atoms with Gasteiger partial charge in [-0.3, -0.25) is 4.79 Å². The van der Waals surface area contributed by atoms with Crippen molar-refractivity contribution >= 4 is 21.6 Å². The predicted molar refractivity (Wildman–Crippen MR) is 97.0 cm³/mol. The Bertz CT molecular complexity index is 898. The summed E-state index contributed by atoms with van der Waals surface area (Å²) in [6.07, 6.45) is 3.13. The number of carbonyl (C=O) groups is 1. The number of aryl methyl sites for hydroxylation is 1. The van der Waals surface area contributed by atoms with Crippen LogP contribution in [0, 0.1) is 6.92 Å². The number of hydrogen-bond acceptors (Lipinski definition) is 5. The molecule has 2 heterocycles. The van der Waals surface area contributed by atoms with Crippen molar-refractivity contribution in [2.24, 2.45) is 0 Å². The van der Waals surface area contributed by atoms with E-state index in [1.165, 1.54) is 16.6 Å². The van der Waals surface area contributed by atoms with Crippen LogP contribution in [0.5, 0.6) is 5.75 Å². The zero-order valence-electron chi connectivity index (χ0n) is 14.8. The van der Waals surface area contributed by atoms with Gasteiger partial charge >= 0.3 is 0 Å². The fourth-order valence-electron chi connectivity index (χ4n) is 2.95. The SMILES string of the molecule is CCOc1ccc(NC(=O)c2ccoc2C)cc1S(=O)(=O)N1CCCC1. The normalized spacial score (nSPS) is 15.2. The Morgan fingerprint density at radius 2 is 2.00 bits per heavy atom. The summed E-state index contributed by atoms with van der Waals surface area (Å²) in [6.45, 7) is 4.83. The lowest BCUT2D eigenvalue weighted by molar-refractivity contribution is 0.102. The topological polar surface area (TPSA) is 88.8 Å². The molecule has 1 aliphatic rings. The number of rotatable bonds is 6. The molecule has 1 saturated heterocycles. The van der Waals surface area contributed by atoms with E-state index in [0.717, 1.165) is 12.8 Å². The van der Waals surface area contributed by atoms with Gasteiger partial charge in [-0.1, -0.05) is 0 Å². The maximum absolute atomic E-state index is 13.0. The fraction of sp³-hybridized carbons (Fsp3) is 0.389. The highest BCUT2D eigenvalue weighted by atomic mass is 32.2. The monoisotopic (exact) mass is 378 g/mol. The molecule has 8 heteroatoms. The number of anilines is 1. The molecule has 0 radical (unpaired) electrons. The molecule has 140 valence electrons. The van der Waals surface area contributed by atoms with Crippen LogP contribution in [0.3, 0.4) is 0 Å². The summed E-state index contributed by atoms with van der Waals surface area (Å²) in [5.74, 6) is 0.431. The molecule has 0 atom stereocenters. The number of ether oxygens (including phenoxy) is 1. The number of nitrogens with one attached hydrogen (secondary N) is 1. The number of furan rings is 1. The minimum absolute atomic E-state index is 0.0722. The van der Waals surface area contributed by atoms with Crippen LogP contribution in [-0.2, 0) is 10.0 Å². The molecule has 7 nitrogen and oxygen atoms in total. The Morgan fingerprint density at radius 3 is 2.62 bits per heavy atom. The van der Waals surface area contributed by atoms with E-state index in [9.17, 15) is 13.2 Å². The molecule has 1 aliphatic heterocycles. The van der Waals surface area contributed by atoms with E-state index in [-0.39, 0.29) is 16.6 Å². The molecular weight excluding hydrogens is 356 g/mol. The fourth-order valence-corrected chi connectivity index (χ4v) is 4.62. The number of nitrogens with zero attached hydrogens (tertiary/aromatic N) is 1. The highest BCUT2D eigenvalue weighted by Crippen LogP contribution is 2.31. The van der Waals surface area contributed by atoms with E-state index in [1.54, 1.807) is 32.0 Å². The lowest BCUT2D eigenvalue weighted by Gasteiger charge is -2.19. The second-order valence-corrected chi connectivity index (χ2v) is 7.96. The van der Waals surface area contributed by atoms with Crippen molar-refractivity contribution in [2.45, 2.75) is 31.6 Å². The maximum atomic E-state index is 13.0. The summed E-state index contributed by atoms with van der Waals surface area (Å²) in [7, 11) is -3.67. The number of hydrogen-bond donors (Lipinski definition) is 1. The van der Waals surface area contributed by atoms with E-state index in [0.29, 0.717) is 36.7 Å². The van der Waals surface area contributed by atoms with Gasteiger partial charge in [0.25, 0.3) is 5.91 Å². The van der Waals surface area contributed by atoms with Crippen LogP contribution >= 0.6 is 0 Å². The van der Waals surface area contributed by atoms with Gasteiger partial charge in [-0.15, -0.1) is 0 Å². The van der Waals surface area contributed by atoms with Crippen molar-refractivity contribution in [3.8, 4) is 5.75 Å². The lowest BCUT2D eigenvalue weighted by Crippen LogP contribution is -2.28. The van der Waals surface area contributed by atoms with Gasteiger partial charge in [0, 0.05) is 18.8 Å². The minimum Gasteiger partial charge on any atom is -0.492 e. The Morgan fingerprint density at radius 1 is 1.27 bits per heavy atom. The zero-order valence-corrected chi connectivity index (χ0v) is 15.6. The first-order valence-electron chi connectivity index (χ1n) is 8.56. The van der Waals surface area contributed by atoms with Gasteiger partial charge in [-0.2, -0.15) is 4.31 Å². The van der Waals surface area contributed by atoms with Crippen molar-refractivity contribution in [2.75, 3.05) is 25.0 Å². The molecule has 0 bridgehead atoms. The number of carbonyl (C=O) groups excluding carboxylic acids is 1. The van der Waals surface area contributed by atoms with Gasteiger partial charge in [0.15, 0.2) is 0 Å². The van der Waals surface area contributed by atoms with Crippen molar-refractivity contribution in [1.82, 2.24) is 4.31 Å². The van der Waals surface area contributed by atoms with E-state index in [1.807, 2.05) is 0 Å². The maximum Gasteiger partial charge on any atom is 0.259 e. The molecule has 1 aromatic carbocycles. The van der Waals surface area contributed by atoms with Crippen LogP contribution in [0.1, 0.15) is 35.9 Å². The Kier molecular flexibility index (Phi) is 5.33. The van der Waals surface area contributed by atoms with Crippen LogP contribution in [0.15, 0.2) is 39.8 Å². The summed E-state index contributed by atoms with van der Waals surface area (Å²) < 4.78 is 38.0. The van der Waals surface area contributed by atoms with E-state index in [4.69, 9.17) is 9.15 Å². The van der Waals surface area contributed by atoms with E-state index < -0.39 is 10.0 Å². The van der Waals surface area contributed by atoms with Crippen LogP contribution in [0.25, 0.3) is 0 Å². The molecular formula is C18H22N2O5S. The highest BCUT2D eigenvalue weighted by Gasteiger charge is 2.30. The van der Waals surface area contributed by atoms with E-state index >= 15 is 0 Å². The first kappa shape index (κ1) is 18.5. The predicted octanol–water partition coefficient (Wildman–Crippen LogP) is 3.02. The molecule has 3 rings (SSSR count). The molecule has 1 aromatic heterocycles. The summed E-state index contributed by atoms with van der Waals surface area (Å²) >= 11 is 0. The molecule has 1 N–H and O–H groups in total. The second kappa shape index (κ2) is 7.51. The van der Waals surface area contributed by atoms with Crippen molar-refractivity contribution in [1.29, 1.82) is 0 Å². The van der Waals surface area contributed by atoms with Crippen molar-refractivity contribution in [3.05, 3.63) is 41.9 Å². The summed E-state index contributed by atoms with van der Waals surface area (Å²) in [6, 6.07) is 6.22. The highest BCUT2D eigenvalue weighted by molar-refractivity contribution is 7.89. The van der Waals surface area contributed by atoms with Crippen LogP contribution in [0.2, 0.25) is 0 Å². The Balaban J connectivity index is 1.93. The lowest BCUT2D eigenvalue weighted by atomic mass is 10.2. The largest absolute Gasteiger partial charge is 0.492 e. The summed E-state index contributed by atoms with van der Waals surface area (Å²) in [4.78, 5) is 12.4. The average molecular weight is 378 g/mol. The molecule has 0 saturated carbocycles.